The molecule has 0 amide bonds. The summed E-state index contributed by atoms with van der Waals surface area (Å²) in [5.41, 5.74) is 0.349. The van der Waals surface area contributed by atoms with Crippen molar-refractivity contribution in [2.24, 2.45) is 0 Å². The standard InChI is InChI=1S/C11H16ClN4O13P3/c1-25-32(24,28-30(19,20)21)29-31(22,23)26-2-5-7(17)8(18)11(27-5)16-4-15-6-9(12)13-3-14-10(6)16/h3-5,7-8,11,17-18H,2H2,1H3,(H,22,23)(H2,19,20,21). The summed E-state index contributed by atoms with van der Waals surface area (Å²) < 4.78 is 58.0. The van der Waals surface area contributed by atoms with Gasteiger partial charge in [0.2, 0.25) is 0 Å². The van der Waals surface area contributed by atoms with Crippen LogP contribution in [0.5, 0.6) is 0 Å². The number of aliphatic hydroxyl groups is 2. The summed E-state index contributed by atoms with van der Waals surface area (Å²) in [6.45, 7) is -0.898. The van der Waals surface area contributed by atoms with Gasteiger partial charge in [-0.2, -0.15) is 8.62 Å². The van der Waals surface area contributed by atoms with Crippen molar-refractivity contribution in [2.75, 3.05) is 13.7 Å². The third-order valence-corrected chi connectivity index (χ3v) is 8.44. The van der Waals surface area contributed by atoms with Gasteiger partial charge >= 0.3 is 23.5 Å². The van der Waals surface area contributed by atoms with Gasteiger partial charge in [-0.3, -0.25) is 13.6 Å². The minimum Gasteiger partial charge on any atom is -0.387 e. The summed E-state index contributed by atoms with van der Waals surface area (Å²) in [7, 11) is -15.3. The Kier molecular flexibility index (Phi) is 7.57. The molecule has 3 rings (SSSR count). The van der Waals surface area contributed by atoms with Gasteiger partial charge in [0, 0.05) is 7.11 Å². The Balaban J connectivity index is 1.70. The number of halogens is 1. The Morgan fingerprint density at radius 2 is 1.81 bits per heavy atom. The highest BCUT2D eigenvalue weighted by molar-refractivity contribution is 7.67. The van der Waals surface area contributed by atoms with E-state index in [0.717, 1.165) is 6.33 Å². The summed E-state index contributed by atoms with van der Waals surface area (Å²) in [6, 6.07) is 0. The van der Waals surface area contributed by atoms with Crippen LogP contribution in [0.1, 0.15) is 6.23 Å². The molecule has 0 bridgehead atoms. The molecule has 5 N–H and O–H groups in total. The molecule has 0 aromatic carbocycles. The molecule has 0 radical (unpaired) electrons. The number of aliphatic hydroxyl groups excluding tert-OH is 2. The van der Waals surface area contributed by atoms with Crippen molar-refractivity contribution < 1.29 is 61.0 Å². The molecule has 1 fully saturated rings. The van der Waals surface area contributed by atoms with Crippen molar-refractivity contribution in [3.63, 3.8) is 0 Å². The lowest BCUT2D eigenvalue weighted by Gasteiger charge is -2.20. The fraction of sp³-hybridized carbons (Fsp3) is 0.545. The number of nitrogens with zero attached hydrogens (tertiary/aromatic N) is 4. The zero-order chi connectivity index (χ0) is 23.9. The van der Waals surface area contributed by atoms with Crippen LogP contribution in [0.25, 0.3) is 11.2 Å². The minimum atomic E-state index is -5.43. The van der Waals surface area contributed by atoms with Crippen molar-refractivity contribution in [1.82, 2.24) is 19.5 Å². The highest BCUT2D eigenvalue weighted by atomic mass is 35.5. The molecule has 2 aromatic rings. The highest BCUT2D eigenvalue weighted by Gasteiger charge is 2.47. The average Bonchev–Trinajstić information content (AvgIpc) is 3.21. The van der Waals surface area contributed by atoms with Crippen molar-refractivity contribution in [1.29, 1.82) is 0 Å². The number of imidazole rings is 1. The van der Waals surface area contributed by atoms with E-state index in [0.29, 0.717) is 7.11 Å². The second-order valence-electron chi connectivity index (χ2n) is 6.08. The molecule has 1 saturated heterocycles. The third-order valence-electron chi connectivity index (χ3n) is 3.96. The van der Waals surface area contributed by atoms with Crippen LogP contribution in [0, 0.1) is 0 Å². The van der Waals surface area contributed by atoms with Gasteiger partial charge < -0.3 is 29.6 Å². The van der Waals surface area contributed by atoms with Gasteiger partial charge in [-0.15, -0.1) is 0 Å². The zero-order valence-electron chi connectivity index (χ0n) is 15.7. The lowest BCUT2D eigenvalue weighted by atomic mass is 10.1. The summed E-state index contributed by atoms with van der Waals surface area (Å²) in [6.07, 6.45) is -3.56. The van der Waals surface area contributed by atoms with E-state index in [4.69, 9.17) is 26.1 Å². The first-order valence-electron chi connectivity index (χ1n) is 8.21. The second-order valence-corrected chi connectivity index (χ2v) is 11.2. The number of fused-ring (bicyclic) bond motifs is 1. The highest BCUT2D eigenvalue weighted by Crippen LogP contribution is 2.68. The Labute approximate surface area is 183 Å². The predicted octanol–water partition coefficient (Wildman–Crippen LogP) is 0.0963. The van der Waals surface area contributed by atoms with Gasteiger partial charge in [-0.25, -0.2) is 28.6 Å². The second kappa shape index (κ2) is 9.41. The fourth-order valence-electron chi connectivity index (χ4n) is 2.64. The van der Waals surface area contributed by atoms with E-state index in [1.165, 1.54) is 10.9 Å². The maximum absolute atomic E-state index is 12.0. The average molecular weight is 541 g/mol. The van der Waals surface area contributed by atoms with Crippen LogP contribution in [0.2, 0.25) is 5.15 Å². The first-order valence-corrected chi connectivity index (χ1v) is 13.1. The SMILES string of the molecule is COP(=O)(OP(=O)(O)O)OP(=O)(O)OCC1OC(n2cnc3c(Cl)ncnc32)C(O)C1O. The molecule has 3 heterocycles. The van der Waals surface area contributed by atoms with Gasteiger partial charge in [-0.05, 0) is 0 Å². The number of hydrogen-bond acceptors (Lipinski definition) is 13. The number of ether oxygens (including phenoxy) is 1. The Morgan fingerprint density at radius 3 is 2.44 bits per heavy atom. The monoisotopic (exact) mass is 540 g/mol. The fourth-order valence-corrected chi connectivity index (χ4v) is 6.31. The summed E-state index contributed by atoms with van der Waals surface area (Å²) >= 11 is 5.91. The largest absolute Gasteiger partial charge is 0.492 e. The molecular formula is C11H16ClN4O13P3. The first kappa shape index (κ1) is 25.7. The van der Waals surface area contributed by atoms with E-state index in [9.17, 15) is 28.8 Å². The van der Waals surface area contributed by atoms with Crippen LogP contribution in [-0.2, 0) is 36.1 Å². The van der Waals surface area contributed by atoms with Crippen LogP contribution in [0.3, 0.4) is 0 Å². The zero-order valence-corrected chi connectivity index (χ0v) is 19.1. The lowest BCUT2D eigenvalue weighted by molar-refractivity contribution is -0.0503. The quantitative estimate of drug-likeness (QED) is 0.209. The molecule has 0 spiro atoms. The van der Waals surface area contributed by atoms with E-state index in [-0.39, 0.29) is 16.3 Å². The van der Waals surface area contributed by atoms with E-state index in [1.807, 2.05) is 0 Å². The summed E-state index contributed by atoms with van der Waals surface area (Å²) in [5.74, 6) is 0. The van der Waals surface area contributed by atoms with Crippen LogP contribution < -0.4 is 0 Å². The van der Waals surface area contributed by atoms with Crippen molar-refractivity contribution in [3.05, 3.63) is 17.8 Å². The van der Waals surface area contributed by atoms with E-state index < -0.39 is 54.6 Å². The number of aromatic nitrogens is 4. The molecule has 1 aliphatic rings. The molecule has 32 heavy (non-hydrogen) atoms. The van der Waals surface area contributed by atoms with Crippen LogP contribution in [-0.4, -0.2) is 76.4 Å². The van der Waals surface area contributed by atoms with Crippen molar-refractivity contribution in [2.45, 2.75) is 24.5 Å². The van der Waals surface area contributed by atoms with E-state index in [2.05, 4.69) is 32.6 Å². The van der Waals surface area contributed by atoms with Gasteiger partial charge in [-0.1, -0.05) is 11.6 Å². The molecule has 0 saturated carbocycles. The van der Waals surface area contributed by atoms with Gasteiger partial charge in [0.25, 0.3) is 0 Å². The predicted molar refractivity (Wildman–Crippen MR) is 101 cm³/mol. The Hall–Kier alpha value is -0.870. The van der Waals surface area contributed by atoms with Gasteiger partial charge in [0.15, 0.2) is 17.0 Å². The molecule has 6 atom stereocenters. The topological polar surface area (TPSA) is 242 Å². The molecule has 17 nitrogen and oxygen atoms in total. The summed E-state index contributed by atoms with van der Waals surface area (Å²) in [5, 5.41) is 20.6. The maximum atomic E-state index is 12.0. The number of hydrogen-bond donors (Lipinski definition) is 5. The Bertz CT molecular complexity index is 1130. The molecule has 2 aromatic heterocycles. The van der Waals surface area contributed by atoms with Crippen LogP contribution in [0.15, 0.2) is 12.7 Å². The number of phosphoric ester groups is 1. The molecule has 21 heteroatoms. The van der Waals surface area contributed by atoms with Gasteiger partial charge in [0.05, 0.1) is 12.9 Å². The molecular weight excluding hydrogens is 525 g/mol. The summed E-state index contributed by atoms with van der Waals surface area (Å²) in [4.78, 5) is 38.8. The van der Waals surface area contributed by atoms with Crippen LogP contribution >= 0.6 is 35.1 Å². The van der Waals surface area contributed by atoms with Crippen molar-refractivity contribution in [3.8, 4) is 0 Å². The smallest absolute Gasteiger partial charge is 0.387 e. The van der Waals surface area contributed by atoms with Gasteiger partial charge in [0.1, 0.15) is 30.2 Å². The lowest BCUT2D eigenvalue weighted by Crippen LogP contribution is -2.33. The van der Waals surface area contributed by atoms with Crippen molar-refractivity contribution >= 4 is 46.2 Å². The molecule has 0 aliphatic carbocycles. The molecule has 6 unspecified atom stereocenters. The number of rotatable bonds is 9. The maximum Gasteiger partial charge on any atom is 0.492 e. The molecule has 180 valence electrons. The van der Waals surface area contributed by atoms with E-state index >= 15 is 0 Å². The van der Waals surface area contributed by atoms with E-state index in [1.54, 1.807) is 0 Å². The first-order chi connectivity index (χ1) is 14.8. The number of phosphoric acid groups is 3. The normalized spacial score (nSPS) is 28.0. The third kappa shape index (κ3) is 5.78. The minimum absolute atomic E-state index is 0.0279. The van der Waals surface area contributed by atoms with Crippen LogP contribution in [0.4, 0.5) is 0 Å². The molecule has 1 aliphatic heterocycles. The Morgan fingerprint density at radius 1 is 1.12 bits per heavy atom.